The molecular formula is C47H89NO4. The van der Waals surface area contributed by atoms with Gasteiger partial charge in [-0.25, -0.2) is 0 Å². The van der Waals surface area contributed by atoms with Crippen molar-refractivity contribution in [3.63, 3.8) is 0 Å². The molecule has 0 fully saturated rings. The number of carbonyl (C=O) groups excluding carboxylic acids is 1. The van der Waals surface area contributed by atoms with Crippen molar-refractivity contribution in [3.8, 4) is 0 Å². The molecule has 0 aliphatic rings. The van der Waals surface area contributed by atoms with Crippen molar-refractivity contribution in [3.05, 3.63) is 36.5 Å². The van der Waals surface area contributed by atoms with Crippen LogP contribution in [0.1, 0.15) is 232 Å². The lowest BCUT2D eigenvalue weighted by molar-refractivity contribution is -0.124. The first-order valence-electron chi connectivity index (χ1n) is 22.8. The second-order valence-electron chi connectivity index (χ2n) is 15.6. The van der Waals surface area contributed by atoms with Gasteiger partial charge in [0, 0.05) is 0 Å². The van der Waals surface area contributed by atoms with E-state index >= 15 is 0 Å². The van der Waals surface area contributed by atoms with E-state index in [0.717, 1.165) is 44.9 Å². The second kappa shape index (κ2) is 42.3. The molecule has 0 aromatic heterocycles. The fourth-order valence-corrected chi connectivity index (χ4v) is 6.88. The summed E-state index contributed by atoms with van der Waals surface area (Å²) in [6.45, 7) is 4.20. The van der Waals surface area contributed by atoms with Crippen LogP contribution in [0.25, 0.3) is 0 Å². The maximum Gasteiger partial charge on any atom is 0.222 e. The maximum absolute atomic E-state index is 12.4. The Morgan fingerprint density at radius 2 is 0.827 bits per heavy atom. The van der Waals surface area contributed by atoms with Crippen molar-refractivity contribution < 1.29 is 20.1 Å². The highest BCUT2D eigenvalue weighted by atomic mass is 16.3. The summed E-state index contributed by atoms with van der Waals surface area (Å²) in [6, 6.07) is -0.763. The fourth-order valence-electron chi connectivity index (χ4n) is 6.88. The van der Waals surface area contributed by atoms with E-state index in [1.807, 2.05) is 6.08 Å². The number of aliphatic hydroxyl groups excluding tert-OH is 3. The molecule has 0 aromatic rings. The number of unbranched alkanes of at least 4 members (excludes halogenated alkanes) is 28. The molecule has 0 saturated heterocycles. The van der Waals surface area contributed by atoms with Gasteiger partial charge in [-0.15, -0.1) is 0 Å². The van der Waals surface area contributed by atoms with Crippen LogP contribution in [-0.2, 0) is 4.79 Å². The third-order valence-electron chi connectivity index (χ3n) is 10.4. The van der Waals surface area contributed by atoms with E-state index in [9.17, 15) is 20.1 Å². The van der Waals surface area contributed by atoms with E-state index in [4.69, 9.17) is 0 Å². The predicted octanol–water partition coefficient (Wildman–Crippen LogP) is 13.2. The molecule has 0 bridgehead atoms. The van der Waals surface area contributed by atoms with E-state index in [1.54, 1.807) is 6.08 Å². The molecule has 3 unspecified atom stereocenters. The number of allylic oxidation sites excluding steroid dienone is 5. The van der Waals surface area contributed by atoms with Crippen LogP contribution in [0.15, 0.2) is 36.5 Å². The Balaban J connectivity index is 3.69. The monoisotopic (exact) mass is 732 g/mol. The molecule has 0 saturated carbocycles. The zero-order valence-corrected chi connectivity index (χ0v) is 34.7. The number of hydrogen-bond donors (Lipinski definition) is 4. The molecule has 5 heteroatoms. The molecule has 0 spiro atoms. The van der Waals surface area contributed by atoms with Gasteiger partial charge in [0.25, 0.3) is 0 Å². The van der Waals surface area contributed by atoms with Crippen LogP contribution in [0.4, 0.5) is 0 Å². The van der Waals surface area contributed by atoms with Crippen LogP contribution in [0, 0.1) is 0 Å². The number of rotatable bonds is 41. The van der Waals surface area contributed by atoms with Crippen LogP contribution in [0.5, 0.6) is 0 Å². The third kappa shape index (κ3) is 38.3. The molecule has 0 heterocycles. The number of hydrogen-bond acceptors (Lipinski definition) is 4. The van der Waals surface area contributed by atoms with E-state index in [2.05, 4.69) is 43.5 Å². The normalized spacial score (nSPS) is 13.9. The summed E-state index contributed by atoms with van der Waals surface area (Å²) in [7, 11) is 0. The van der Waals surface area contributed by atoms with Gasteiger partial charge in [0.05, 0.1) is 31.3 Å². The third-order valence-corrected chi connectivity index (χ3v) is 10.4. The average molecular weight is 732 g/mol. The molecule has 1 amide bonds. The summed E-state index contributed by atoms with van der Waals surface area (Å²) in [5, 5.41) is 33.2. The molecule has 4 N–H and O–H groups in total. The molecule has 306 valence electrons. The lowest BCUT2D eigenvalue weighted by Gasteiger charge is -2.20. The quantitative estimate of drug-likeness (QED) is 0.0372. The van der Waals surface area contributed by atoms with Crippen LogP contribution in [-0.4, -0.2) is 46.1 Å². The zero-order valence-electron chi connectivity index (χ0n) is 34.7. The van der Waals surface area contributed by atoms with Crippen LogP contribution in [0.3, 0.4) is 0 Å². The van der Waals surface area contributed by atoms with Gasteiger partial charge in [0.1, 0.15) is 0 Å². The van der Waals surface area contributed by atoms with Crippen molar-refractivity contribution >= 4 is 5.91 Å². The summed E-state index contributed by atoms with van der Waals surface area (Å²) in [4.78, 5) is 12.4. The molecule has 52 heavy (non-hydrogen) atoms. The minimum atomic E-state index is -0.953. The molecular weight excluding hydrogens is 643 g/mol. The van der Waals surface area contributed by atoms with E-state index in [-0.39, 0.29) is 18.9 Å². The number of aliphatic hydroxyl groups is 3. The Kier molecular flexibility index (Phi) is 41.1. The van der Waals surface area contributed by atoms with Gasteiger partial charge in [-0.05, 0) is 57.8 Å². The molecule has 0 aliphatic carbocycles. The Hall–Kier alpha value is -1.43. The van der Waals surface area contributed by atoms with Crippen LogP contribution in [0.2, 0.25) is 0 Å². The van der Waals surface area contributed by atoms with Gasteiger partial charge in [0.15, 0.2) is 0 Å². The second-order valence-corrected chi connectivity index (χ2v) is 15.6. The van der Waals surface area contributed by atoms with E-state index < -0.39 is 18.2 Å². The highest BCUT2D eigenvalue weighted by Gasteiger charge is 2.20. The Morgan fingerprint density at radius 1 is 0.481 bits per heavy atom. The minimum Gasteiger partial charge on any atom is -0.394 e. The van der Waals surface area contributed by atoms with Crippen LogP contribution >= 0.6 is 0 Å². The van der Waals surface area contributed by atoms with Gasteiger partial charge in [-0.2, -0.15) is 0 Å². The van der Waals surface area contributed by atoms with Crippen molar-refractivity contribution in [2.45, 2.75) is 250 Å². The number of carbonyl (C=O) groups is 1. The SMILES string of the molecule is CCCCCCCCCCCC/C=C/CC/C=C/C(O)C(CO)NC(=O)CC(O)CCCCCCC/C=C\CCCCCCCCCCCCCC. The van der Waals surface area contributed by atoms with Crippen molar-refractivity contribution in [2.75, 3.05) is 6.61 Å². The lowest BCUT2D eigenvalue weighted by atomic mass is 10.0. The molecule has 5 nitrogen and oxygen atoms in total. The zero-order chi connectivity index (χ0) is 38.0. The lowest BCUT2D eigenvalue weighted by Crippen LogP contribution is -2.45. The van der Waals surface area contributed by atoms with Gasteiger partial charge < -0.3 is 20.6 Å². The summed E-state index contributed by atoms with van der Waals surface area (Å²) in [5.74, 6) is -0.329. The first kappa shape index (κ1) is 50.6. The topological polar surface area (TPSA) is 89.8 Å². The fraction of sp³-hybridized carbons (Fsp3) is 0.851. The summed E-state index contributed by atoms with van der Waals surface area (Å²) >= 11 is 0. The molecule has 0 aromatic carbocycles. The van der Waals surface area contributed by atoms with Gasteiger partial charge in [-0.3, -0.25) is 4.79 Å². The molecule has 0 radical (unpaired) electrons. The highest BCUT2D eigenvalue weighted by Crippen LogP contribution is 2.15. The Labute approximate surface area is 324 Å². The Morgan fingerprint density at radius 3 is 1.23 bits per heavy atom. The minimum absolute atomic E-state index is 0.000758. The maximum atomic E-state index is 12.4. The van der Waals surface area contributed by atoms with Crippen molar-refractivity contribution in [1.82, 2.24) is 5.32 Å². The highest BCUT2D eigenvalue weighted by molar-refractivity contribution is 5.76. The summed E-state index contributed by atoms with van der Waals surface area (Å²) in [6.07, 6.45) is 52.9. The first-order valence-corrected chi connectivity index (χ1v) is 22.8. The van der Waals surface area contributed by atoms with E-state index in [1.165, 1.54) is 161 Å². The Bertz CT molecular complexity index is 809. The average Bonchev–Trinajstić information content (AvgIpc) is 3.14. The van der Waals surface area contributed by atoms with Crippen LogP contribution < -0.4 is 5.32 Å². The van der Waals surface area contributed by atoms with Gasteiger partial charge >= 0.3 is 0 Å². The number of nitrogens with one attached hydrogen (secondary N) is 1. The standard InChI is InChI=1S/C47H89NO4/c1-3-5-7-9-11-13-15-17-19-21-22-23-24-25-26-28-30-32-34-36-38-40-44(50)42-47(52)48-45(43-49)46(51)41-39-37-35-33-31-29-27-20-18-16-14-12-10-8-6-4-2/h25-26,31,33,39,41,44-46,49-51H,3-24,27-30,32,34-38,40,42-43H2,1-2H3,(H,48,52)/b26-25-,33-31+,41-39+. The van der Waals surface area contributed by atoms with E-state index in [0.29, 0.717) is 6.42 Å². The molecule has 0 rings (SSSR count). The van der Waals surface area contributed by atoms with Crippen molar-refractivity contribution in [1.29, 1.82) is 0 Å². The smallest absolute Gasteiger partial charge is 0.222 e. The number of amides is 1. The van der Waals surface area contributed by atoms with Gasteiger partial charge in [-0.1, -0.05) is 204 Å². The van der Waals surface area contributed by atoms with Gasteiger partial charge in [0.2, 0.25) is 5.91 Å². The molecule has 0 aliphatic heterocycles. The predicted molar refractivity (Wildman–Crippen MR) is 227 cm³/mol. The largest absolute Gasteiger partial charge is 0.394 e. The summed E-state index contributed by atoms with van der Waals surface area (Å²) < 4.78 is 0. The molecule has 3 atom stereocenters. The van der Waals surface area contributed by atoms with Crippen molar-refractivity contribution in [2.24, 2.45) is 0 Å². The summed E-state index contributed by atoms with van der Waals surface area (Å²) in [5.41, 5.74) is 0. The first-order chi connectivity index (χ1) is 25.5.